The molecule has 2 aromatic carbocycles. The van der Waals surface area contributed by atoms with Gasteiger partial charge in [0, 0.05) is 31.7 Å². The van der Waals surface area contributed by atoms with E-state index < -0.39 is 10.0 Å². The van der Waals surface area contributed by atoms with E-state index in [0.717, 1.165) is 35.4 Å². The summed E-state index contributed by atoms with van der Waals surface area (Å²) in [7, 11) is -3.57. The van der Waals surface area contributed by atoms with E-state index in [9.17, 15) is 13.2 Å². The Balaban J connectivity index is 1.94. The second-order valence-corrected chi connectivity index (χ2v) is 11.0. The third kappa shape index (κ3) is 5.66. The molecule has 3 rings (SSSR count). The Hall–Kier alpha value is -2.33. The second kappa shape index (κ2) is 11.4. The van der Waals surface area contributed by atoms with Crippen molar-refractivity contribution in [1.82, 2.24) is 14.2 Å². The molecule has 0 fully saturated rings. The molecule has 1 aromatic heterocycles. The van der Waals surface area contributed by atoms with Crippen LogP contribution in [-0.2, 0) is 10.0 Å². The molecule has 0 aliphatic rings. The number of rotatable bonds is 11. The molecule has 3 aromatic rings. The summed E-state index contributed by atoms with van der Waals surface area (Å²) in [5.41, 5.74) is 2.45. The van der Waals surface area contributed by atoms with Crippen LogP contribution in [0.5, 0.6) is 0 Å². The zero-order chi connectivity index (χ0) is 24.9. The molecule has 9 heteroatoms. The van der Waals surface area contributed by atoms with Crippen molar-refractivity contribution in [3.05, 3.63) is 53.6 Å². The number of benzene rings is 2. The Morgan fingerprint density at radius 3 is 2.15 bits per heavy atom. The van der Waals surface area contributed by atoms with Gasteiger partial charge in [0.05, 0.1) is 15.1 Å². The van der Waals surface area contributed by atoms with Gasteiger partial charge in [-0.25, -0.2) is 13.4 Å². The van der Waals surface area contributed by atoms with Crippen molar-refractivity contribution in [2.45, 2.75) is 39.5 Å². The zero-order valence-corrected chi connectivity index (χ0v) is 22.2. The molecule has 0 spiro atoms. The first kappa shape index (κ1) is 26.3. The smallest absolute Gasteiger partial charge is 0.260 e. The summed E-state index contributed by atoms with van der Waals surface area (Å²) >= 11 is 1.50. The third-order valence-electron chi connectivity index (χ3n) is 5.99. The highest BCUT2D eigenvalue weighted by Gasteiger charge is 2.25. The van der Waals surface area contributed by atoms with Crippen molar-refractivity contribution < 1.29 is 13.2 Å². The van der Waals surface area contributed by atoms with E-state index in [-0.39, 0.29) is 10.8 Å². The summed E-state index contributed by atoms with van der Waals surface area (Å²) in [6, 6.07) is 12.3. The predicted octanol–water partition coefficient (Wildman–Crippen LogP) is 4.62. The van der Waals surface area contributed by atoms with Gasteiger partial charge in [-0.1, -0.05) is 45.1 Å². The average molecular weight is 503 g/mol. The van der Waals surface area contributed by atoms with Crippen molar-refractivity contribution in [2.24, 2.45) is 0 Å². The number of carbonyl (C=O) groups excluding carboxylic acids is 1. The zero-order valence-electron chi connectivity index (χ0n) is 20.6. The van der Waals surface area contributed by atoms with E-state index in [4.69, 9.17) is 4.98 Å². The van der Waals surface area contributed by atoms with Gasteiger partial charge in [0.25, 0.3) is 5.91 Å². The molecular formula is C25H34N4O3S2. The fourth-order valence-corrected chi connectivity index (χ4v) is 6.38. The number of likely N-dealkylation sites (N-methyl/N-ethyl adjacent to an activating group) is 1. The minimum atomic E-state index is -3.57. The van der Waals surface area contributed by atoms with Crippen LogP contribution in [0.3, 0.4) is 0 Å². The van der Waals surface area contributed by atoms with Crippen LogP contribution >= 0.6 is 11.3 Å². The maximum atomic E-state index is 13.6. The van der Waals surface area contributed by atoms with Gasteiger partial charge in [0.1, 0.15) is 0 Å². The second-order valence-electron chi connectivity index (χ2n) is 8.06. The van der Waals surface area contributed by atoms with E-state index in [1.165, 1.54) is 27.8 Å². The summed E-state index contributed by atoms with van der Waals surface area (Å²) in [5.74, 6) is -0.185. The molecule has 0 bridgehead atoms. The number of hydrogen-bond acceptors (Lipinski definition) is 6. The van der Waals surface area contributed by atoms with Crippen LogP contribution in [0.25, 0.3) is 10.2 Å². The summed E-state index contributed by atoms with van der Waals surface area (Å²) < 4.78 is 28.1. The van der Waals surface area contributed by atoms with Crippen molar-refractivity contribution in [3.8, 4) is 0 Å². The van der Waals surface area contributed by atoms with Crippen LogP contribution in [-0.4, -0.2) is 67.8 Å². The normalized spacial score (nSPS) is 12.1. The highest BCUT2D eigenvalue weighted by molar-refractivity contribution is 7.89. The minimum Gasteiger partial charge on any atom is -0.302 e. The summed E-state index contributed by atoms with van der Waals surface area (Å²) in [6.45, 7) is 13.7. The molecule has 34 heavy (non-hydrogen) atoms. The number of nitrogens with zero attached hydrogens (tertiary/aromatic N) is 4. The largest absolute Gasteiger partial charge is 0.302 e. The Labute approximate surface area is 207 Å². The molecule has 0 aliphatic carbocycles. The van der Waals surface area contributed by atoms with Gasteiger partial charge >= 0.3 is 0 Å². The third-order valence-corrected chi connectivity index (χ3v) is 9.09. The molecule has 0 N–H and O–H groups in total. The van der Waals surface area contributed by atoms with E-state index in [0.29, 0.717) is 30.3 Å². The lowest BCUT2D eigenvalue weighted by atomic mass is 10.2. The Kier molecular flexibility index (Phi) is 8.81. The van der Waals surface area contributed by atoms with Gasteiger partial charge < -0.3 is 4.90 Å². The number of aromatic nitrogens is 1. The monoisotopic (exact) mass is 502 g/mol. The van der Waals surface area contributed by atoms with E-state index in [1.807, 2.05) is 32.9 Å². The lowest BCUT2D eigenvalue weighted by Gasteiger charge is -2.25. The van der Waals surface area contributed by atoms with Crippen molar-refractivity contribution in [1.29, 1.82) is 0 Å². The average Bonchev–Trinajstić information content (AvgIpc) is 3.25. The molecule has 0 radical (unpaired) electrons. The van der Waals surface area contributed by atoms with Gasteiger partial charge in [-0.15, -0.1) is 0 Å². The molecule has 1 amide bonds. The summed E-state index contributed by atoms with van der Waals surface area (Å²) in [5, 5.41) is 0.651. The van der Waals surface area contributed by atoms with Crippen molar-refractivity contribution in [2.75, 3.05) is 44.2 Å². The number of fused-ring (bicyclic) bond motifs is 1. The van der Waals surface area contributed by atoms with Gasteiger partial charge in [0.2, 0.25) is 10.0 Å². The SMILES string of the molecule is CCN(CC)CCN(C(=O)c1ccc(S(=O)(=O)N(CC)CC)cc1)c1nc2ccc(C)cc2s1. The van der Waals surface area contributed by atoms with Crippen LogP contribution in [0.2, 0.25) is 0 Å². The molecule has 0 aliphatic heterocycles. The summed E-state index contributed by atoms with van der Waals surface area (Å²) in [6.07, 6.45) is 0. The first-order valence-electron chi connectivity index (χ1n) is 11.8. The van der Waals surface area contributed by atoms with Crippen LogP contribution in [0.1, 0.15) is 43.6 Å². The van der Waals surface area contributed by atoms with E-state index in [2.05, 4.69) is 24.8 Å². The van der Waals surface area contributed by atoms with Gasteiger partial charge in [-0.05, 0) is 62.0 Å². The van der Waals surface area contributed by atoms with Gasteiger partial charge in [-0.3, -0.25) is 9.69 Å². The number of anilines is 1. The Bertz CT molecular complexity index is 1210. The fraction of sp³-hybridized carbons (Fsp3) is 0.440. The molecule has 0 atom stereocenters. The highest BCUT2D eigenvalue weighted by Crippen LogP contribution is 2.30. The quantitative estimate of drug-likeness (QED) is 0.382. The van der Waals surface area contributed by atoms with Crippen molar-refractivity contribution >= 4 is 42.6 Å². The molecular weight excluding hydrogens is 468 g/mol. The highest BCUT2D eigenvalue weighted by atomic mass is 32.2. The van der Waals surface area contributed by atoms with Gasteiger partial charge in [0.15, 0.2) is 5.13 Å². The van der Waals surface area contributed by atoms with Crippen LogP contribution in [0, 0.1) is 6.92 Å². The van der Waals surface area contributed by atoms with Crippen LogP contribution in [0.15, 0.2) is 47.4 Å². The Morgan fingerprint density at radius 1 is 0.912 bits per heavy atom. The Morgan fingerprint density at radius 2 is 1.56 bits per heavy atom. The van der Waals surface area contributed by atoms with Crippen molar-refractivity contribution in [3.63, 3.8) is 0 Å². The van der Waals surface area contributed by atoms with Gasteiger partial charge in [-0.2, -0.15) is 4.31 Å². The molecule has 7 nitrogen and oxygen atoms in total. The number of hydrogen-bond donors (Lipinski definition) is 0. The molecule has 0 unspecified atom stereocenters. The minimum absolute atomic E-state index is 0.185. The molecule has 0 saturated heterocycles. The molecule has 0 saturated carbocycles. The summed E-state index contributed by atoms with van der Waals surface area (Å²) in [4.78, 5) is 22.5. The number of aryl methyl sites for hydroxylation is 1. The fourth-order valence-electron chi connectivity index (χ4n) is 3.84. The first-order chi connectivity index (χ1) is 16.2. The first-order valence-corrected chi connectivity index (χ1v) is 14.0. The number of amides is 1. The van der Waals surface area contributed by atoms with E-state index in [1.54, 1.807) is 17.0 Å². The van der Waals surface area contributed by atoms with Crippen LogP contribution in [0.4, 0.5) is 5.13 Å². The number of carbonyl (C=O) groups is 1. The maximum Gasteiger partial charge on any atom is 0.260 e. The number of thiazole rings is 1. The number of sulfonamides is 1. The lowest BCUT2D eigenvalue weighted by Crippen LogP contribution is -2.39. The molecule has 1 heterocycles. The lowest BCUT2D eigenvalue weighted by molar-refractivity contribution is 0.0983. The van der Waals surface area contributed by atoms with E-state index >= 15 is 0 Å². The molecule has 184 valence electrons. The topological polar surface area (TPSA) is 73.8 Å². The maximum absolute atomic E-state index is 13.6. The van der Waals surface area contributed by atoms with Crippen LogP contribution < -0.4 is 4.90 Å². The predicted molar refractivity (Wildman–Crippen MR) is 140 cm³/mol. The standard InChI is InChI=1S/C25H34N4O3S2/c1-6-27(7-2)16-17-29(25-26-22-15-10-19(5)18-23(22)33-25)24(30)20-11-13-21(14-12-20)34(31,32)28(8-3)9-4/h10-15,18H,6-9,16-17H2,1-5H3.